The highest BCUT2D eigenvalue weighted by molar-refractivity contribution is 6.12. The second-order valence-corrected chi connectivity index (χ2v) is 10.5. The molecule has 2 saturated heterocycles. The highest BCUT2D eigenvalue weighted by Crippen LogP contribution is 2.47. The average Bonchev–Trinajstić information content (AvgIpc) is 3.61. The lowest BCUT2D eigenvalue weighted by molar-refractivity contribution is -0.320. The number of rotatable bonds is 5. The lowest BCUT2D eigenvalue weighted by atomic mass is 9.83. The summed E-state index contributed by atoms with van der Waals surface area (Å²) < 4.78 is 45.5. The molecule has 11 heteroatoms. The van der Waals surface area contributed by atoms with Crippen molar-refractivity contribution in [1.29, 1.82) is 0 Å². The van der Waals surface area contributed by atoms with Gasteiger partial charge in [-0.05, 0) is 53.1 Å². The first-order valence-corrected chi connectivity index (χ1v) is 13.5. The molecule has 7 rings (SSSR count). The van der Waals surface area contributed by atoms with Gasteiger partial charge in [0.2, 0.25) is 6.79 Å². The highest BCUT2D eigenvalue weighted by atomic mass is 16.7. The molecule has 0 aliphatic carbocycles. The van der Waals surface area contributed by atoms with Gasteiger partial charge < -0.3 is 48.1 Å². The molecule has 6 unspecified atom stereocenters. The smallest absolute Gasteiger partial charge is 0.339 e. The van der Waals surface area contributed by atoms with Gasteiger partial charge >= 0.3 is 5.97 Å². The summed E-state index contributed by atoms with van der Waals surface area (Å²) in [6.07, 6.45) is -4.82. The van der Waals surface area contributed by atoms with Crippen LogP contribution in [0.2, 0.25) is 0 Å². The average molecular weight is 567 g/mol. The van der Waals surface area contributed by atoms with E-state index >= 15 is 0 Å². The van der Waals surface area contributed by atoms with E-state index in [1.807, 2.05) is 30.3 Å². The first-order chi connectivity index (χ1) is 19.9. The lowest BCUT2D eigenvalue weighted by Crippen LogP contribution is -2.62. The van der Waals surface area contributed by atoms with Crippen LogP contribution < -0.4 is 18.9 Å². The molecule has 216 valence electrons. The van der Waals surface area contributed by atoms with Crippen molar-refractivity contribution in [3.8, 4) is 34.1 Å². The quantitative estimate of drug-likeness (QED) is 0.442. The Balaban J connectivity index is 1.41. The van der Waals surface area contributed by atoms with Gasteiger partial charge in [0.25, 0.3) is 0 Å². The maximum absolute atomic E-state index is 13.3. The van der Waals surface area contributed by atoms with Gasteiger partial charge in [-0.1, -0.05) is 6.07 Å². The van der Waals surface area contributed by atoms with Gasteiger partial charge in [0.15, 0.2) is 29.3 Å². The fraction of sp³-hybridized carbons (Fsp3) is 0.433. The van der Waals surface area contributed by atoms with Crippen LogP contribution in [-0.4, -0.2) is 80.6 Å². The molecule has 2 N–H and O–H groups in total. The summed E-state index contributed by atoms with van der Waals surface area (Å²) in [7, 11) is 3.10. The van der Waals surface area contributed by atoms with E-state index < -0.39 is 42.8 Å². The molecule has 0 aromatic heterocycles. The largest absolute Gasteiger partial charge is 0.493 e. The van der Waals surface area contributed by atoms with Crippen molar-refractivity contribution in [2.45, 2.75) is 56.8 Å². The number of fused-ring (bicyclic) bond motifs is 4. The summed E-state index contributed by atoms with van der Waals surface area (Å²) in [6.45, 7) is 2.13. The van der Waals surface area contributed by atoms with Gasteiger partial charge in [-0.15, -0.1) is 0 Å². The van der Waals surface area contributed by atoms with Gasteiger partial charge in [0, 0.05) is 17.5 Å². The monoisotopic (exact) mass is 566 g/mol. The molecule has 2 fully saturated rings. The number of hydrogen-bond donors (Lipinski definition) is 2. The third-order valence-electron chi connectivity index (χ3n) is 8.28. The van der Waals surface area contributed by atoms with E-state index in [-0.39, 0.29) is 26.4 Å². The van der Waals surface area contributed by atoms with Gasteiger partial charge in [0.05, 0.1) is 32.5 Å². The third-order valence-corrected chi connectivity index (χ3v) is 8.28. The molecule has 4 aliphatic heterocycles. The Morgan fingerprint density at radius 2 is 1.66 bits per heavy atom. The topological polar surface area (TPSA) is 131 Å². The normalized spacial score (nSPS) is 28.3. The van der Waals surface area contributed by atoms with Crippen molar-refractivity contribution in [1.82, 2.24) is 0 Å². The third kappa shape index (κ3) is 4.19. The van der Waals surface area contributed by atoms with E-state index in [9.17, 15) is 15.0 Å². The Morgan fingerprint density at radius 1 is 0.902 bits per heavy atom. The zero-order chi connectivity index (χ0) is 28.4. The molecular weight excluding hydrogens is 536 g/mol. The molecule has 3 aromatic carbocycles. The second kappa shape index (κ2) is 10.0. The molecule has 41 heavy (non-hydrogen) atoms. The predicted octanol–water partition coefficient (Wildman–Crippen LogP) is 2.72. The Morgan fingerprint density at radius 3 is 2.44 bits per heavy atom. The van der Waals surface area contributed by atoms with Crippen LogP contribution in [0.15, 0.2) is 30.3 Å². The zero-order valence-corrected chi connectivity index (χ0v) is 22.7. The van der Waals surface area contributed by atoms with Crippen molar-refractivity contribution >= 4 is 16.7 Å². The van der Waals surface area contributed by atoms with E-state index in [0.29, 0.717) is 39.7 Å². The van der Waals surface area contributed by atoms with Crippen LogP contribution in [-0.2, 0) is 32.0 Å². The Hall–Kier alpha value is -3.61. The molecular formula is C30H30O11. The minimum Gasteiger partial charge on any atom is -0.493 e. The number of esters is 1. The van der Waals surface area contributed by atoms with E-state index in [1.54, 1.807) is 21.1 Å². The van der Waals surface area contributed by atoms with Gasteiger partial charge in [0.1, 0.15) is 31.0 Å². The second-order valence-electron chi connectivity index (χ2n) is 10.5. The van der Waals surface area contributed by atoms with E-state index in [2.05, 4.69) is 0 Å². The predicted molar refractivity (Wildman–Crippen MR) is 142 cm³/mol. The van der Waals surface area contributed by atoms with Crippen molar-refractivity contribution in [2.24, 2.45) is 0 Å². The van der Waals surface area contributed by atoms with Crippen LogP contribution in [0.4, 0.5) is 0 Å². The first kappa shape index (κ1) is 26.3. The number of carbonyl (C=O) groups is 1. The first-order valence-electron chi connectivity index (χ1n) is 13.5. The number of benzene rings is 3. The van der Waals surface area contributed by atoms with Gasteiger partial charge in [-0.3, -0.25) is 0 Å². The maximum atomic E-state index is 13.3. The van der Waals surface area contributed by atoms with Crippen molar-refractivity contribution in [3.63, 3.8) is 0 Å². The molecule has 0 spiro atoms. The lowest BCUT2D eigenvalue weighted by Gasteiger charge is -2.46. The van der Waals surface area contributed by atoms with Crippen molar-refractivity contribution < 1.29 is 52.9 Å². The van der Waals surface area contributed by atoms with Gasteiger partial charge in [-0.2, -0.15) is 0 Å². The van der Waals surface area contributed by atoms with Crippen LogP contribution >= 0.6 is 0 Å². The zero-order valence-electron chi connectivity index (χ0n) is 22.7. The van der Waals surface area contributed by atoms with Crippen LogP contribution in [0, 0.1) is 0 Å². The highest BCUT2D eigenvalue weighted by Gasteiger charge is 2.48. The Kier molecular flexibility index (Phi) is 6.44. The van der Waals surface area contributed by atoms with Crippen molar-refractivity contribution in [3.05, 3.63) is 47.0 Å². The van der Waals surface area contributed by atoms with Crippen LogP contribution in [0.1, 0.15) is 28.4 Å². The molecule has 0 amide bonds. The molecule has 3 aromatic rings. The SMILES string of the molecule is COc1cc2c(CC3OC4COC(C)OC4C(O)C3O)c3c(c(-c4ccc5c(c4)OCO5)c2cc1OC)C(=O)OC3. The number of aliphatic hydroxyl groups excluding tert-OH is 2. The summed E-state index contributed by atoms with van der Waals surface area (Å²) in [6, 6.07) is 9.21. The van der Waals surface area contributed by atoms with Gasteiger partial charge in [-0.25, -0.2) is 4.79 Å². The number of ether oxygens (including phenoxy) is 8. The molecule has 0 bridgehead atoms. The molecule has 6 atom stereocenters. The summed E-state index contributed by atoms with van der Waals surface area (Å²) in [5.74, 6) is 1.72. The molecule has 0 saturated carbocycles. The Bertz CT molecular complexity index is 1530. The van der Waals surface area contributed by atoms with Crippen molar-refractivity contribution in [2.75, 3.05) is 27.6 Å². The molecule has 4 heterocycles. The fourth-order valence-electron chi connectivity index (χ4n) is 6.29. The van der Waals surface area contributed by atoms with Crippen LogP contribution in [0.3, 0.4) is 0 Å². The summed E-state index contributed by atoms with van der Waals surface area (Å²) >= 11 is 0. The van der Waals surface area contributed by atoms with E-state index in [0.717, 1.165) is 21.9 Å². The molecule has 11 nitrogen and oxygen atoms in total. The number of methoxy groups -OCH3 is 2. The maximum Gasteiger partial charge on any atom is 0.339 e. The molecule has 0 radical (unpaired) electrons. The van der Waals surface area contributed by atoms with Crippen LogP contribution in [0.5, 0.6) is 23.0 Å². The summed E-state index contributed by atoms with van der Waals surface area (Å²) in [5, 5.41) is 23.6. The standard InChI is InChI=1S/C30H30O11/c1-13-36-11-24-29(40-13)28(32)27(31)23(41-24)8-16-15-7-20(34-2)21(35-3)9-17(15)25(26-18(16)10-37-30(26)33)14-4-5-19-22(6-14)39-12-38-19/h4-7,9,13,23-24,27-29,31-32H,8,10-12H2,1-3H3. The summed E-state index contributed by atoms with van der Waals surface area (Å²) in [5.41, 5.74) is 3.24. The minimum absolute atomic E-state index is 0.0481. The Labute approximate surface area is 235 Å². The number of cyclic esters (lactones) is 1. The number of carbonyl (C=O) groups excluding carboxylic acids is 1. The van der Waals surface area contributed by atoms with Crippen LogP contribution in [0.25, 0.3) is 21.9 Å². The fourth-order valence-corrected chi connectivity index (χ4v) is 6.29. The number of hydrogen-bond acceptors (Lipinski definition) is 11. The van der Waals surface area contributed by atoms with E-state index in [1.165, 1.54) is 0 Å². The van der Waals surface area contributed by atoms with E-state index in [4.69, 9.17) is 37.9 Å². The number of aliphatic hydroxyl groups is 2. The summed E-state index contributed by atoms with van der Waals surface area (Å²) in [4.78, 5) is 13.3. The minimum atomic E-state index is -1.24. The molecule has 4 aliphatic rings.